The summed E-state index contributed by atoms with van der Waals surface area (Å²) in [5, 5.41) is 2.13. The molecule has 0 radical (unpaired) electrons. The highest BCUT2D eigenvalue weighted by Crippen LogP contribution is 2.54. The first kappa shape index (κ1) is 57.6. The number of pyridine rings is 1. The minimum absolute atomic E-state index is 0.0627. The van der Waals surface area contributed by atoms with Crippen LogP contribution in [0.15, 0.2) is 158 Å². The van der Waals surface area contributed by atoms with Gasteiger partial charge in [0.15, 0.2) is 23.3 Å². The van der Waals surface area contributed by atoms with Crippen LogP contribution in [0.5, 0.6) is 11.5 Å². The summed E-state index contributed by atoms with van der Waals surface area (Å²) in [5.74, 6) is -8.14. The van der Waals surface area contributed by atoms with Crippen molar-refractivity contribution in [1.29, 1.82) is 0 Å². The van der Waals surface area contributed by atoms with Gasteiger partial charge in [-0.05, 0) is 138 Å². The van der Waals surface area contributed by atoms with E-state index in [1.165, 1.54) is 5.56 Å². The summed E-state index contributed by atoms with van der Waals surface area (Å²) < 4.78 is 89.7. The van der Waals surface area contributed by atoms with E-state index in [0.29, 0.717) is 28.3 Å². The van der Waals surface area contributed by atoms with Crippen LogP contribution < -0.4 is 14.5 Å². The smallest absolute Gasteiger partial charge is 0.200 e. The van der Waals surface area contributed by atoms with Crippen molar-refractivity contribution in [3.05, 3.63) is 215 Å². The third kappa shape index (κ3) is 10.5. The number of nitrogens with zero attached hydrogens (tertiary/aromatic N) is 4. The van der Waals surface area contributed by atoms with Gasteiger partial charge in [-0.25, -0.2) is 26.9 Å². The maximum atomic E-state index is 16.9. The van der Waals surface area contributed by atoms with E-state index in [1.54, 1.807) is 6.07 Å². The van der Waals surface area contributed by atoms with Gasteiger partial charge in [0.25, 0.3) is 0 Å². The van der Waals surface area contributed by atoms with Gasteiger partial charge in [-0.3, -0.25) is 4.57 Å². The lowest BCUT2D eigenvalue weighted by atomic mass is 9.77. The second-order valence-corrected chi connectivity index (χ2v) is 27.7. The molecule has 84 heavy (non-hydrogen) atoms. The van der Waals surface area contributed by atoms with Crippen molar-refractivity contribution in [2.45, 2.75) is 131 Å². The predicted octanol–water partition coefficient (Wildman–Crippen LogP) is 21.4. The standard InChI is InChI=1S/C74H73F5N4O/c1-70(2,3)46-26-24-43(25-27-46)44-34-51(40-53(35-44)84-52-28-29-55-54-20-16-17-21-58(54)83(61(55)41-52)62-39-47(30-31-80-62)71(4,5)6)81-42-82(60-23-19-18-22-59(60)81)69-56(45-32-48(72(7,8)9)36-49(33-45)73(10,11)12)37-50(74(13,14)15)38-57(69)63-64(75)66(77)68(79)67(78)65(63)76/h16-41H,42H2,1-15H3. The summed E-state index contributed by atoms with van der Waals surface area (Å²) >= 11 is 0. The number of para-hydroxylation sites is 3. The minimum Gasteiger partial charge on any atom is -0.457 e. The van der Waals surface area contributed by atoms with E-state index in [4.69, 9.17) is 9.72 Å². The summed E-state index contributed by atoms with van der Waals surface area (Å²) in [6.45, 7) is 31.9. The van der Waals surface area contributed by atoms with Gasteiger partial charge in [-0.1, -0.05) is 177 Å². The first-order chi connectivity index (χ1) is 39.4. The van der Waals surface area contributed by atoms with Gasteiger partial charge in [-0.2, -0.15) is 0 Å². The van der Waals surface area contributed by atoms with Crippen molar-refractivity contribution < 1.29 is 26.7 Å². The van der Waals surface area contributed by atoms with E-state index in [-0.39, 0.29) is 39.6 Å². The lowest BCUT2D eigenvalue weighted by Crippen LogP contribution is -2.26. The summed E-state index contributed by atoms with van der Waals surface area (Å²) in [4.78, 5) is 8.97. The average molecular weight is 1130 g/mol. The van der Waals surface area contributed by atoms with Crippen LogP contribution in [0.2, 0.25) is 0 Å². The third-order valence-electron chi connectivity index (χ3n) is 16.5. The topological polar surface area (TPSA) is 33.5 Å². The number of halogens is 5. The predicted molar refractivity (Wildman–Crippen MR) is 337 cm³/mol. The molecule has 8 aromatic carbocycles. The van der Waals surface area contributed by atoms with Crippen LogP contribution in [0.25, 0.3) is 61.0 Å². The first-order valence-corrected chi connectivity index (χ1v) is 28.8. The average Bonchev–Trinajstić information content (AvgIpc) is 1.66. The Bertz CT molecular complexity index is 4170. The monoisotopic (exact) mass is 1130 g/mol. The molecule has 10 aromatic rings. The van der Waals surface area contributed by atoms with E-state index in [1.807, 2.05) is 92.5 Å². The highest BCUT2D eigenvalue weighted by atomic mass is 19.2. The number of ether oxygens (including phenoxy) is 1. The molecule has 0 spiro atoms. The number of benzene rings is 8. The Morgan fingerprint density at radius 3 is 1.54 bits per heavy atom. The molecule has 0 fully saturated rings. The van der Waals surface area contributed by atoms with E-state index >= 15 is 22.0 Å². The Morgan fingerprint density at radius 2 is 0.929 bits per heavy atom. The molecule has 11 rings (SSSR count). The summed E-state index contributed by atoms with van der Waals surface area (Å²) in [5.41, 5.74) is 9.81. The molecule has 0 amide bonds. The van der Waals surface area contributed by atoms with Crippen molar-refractivity contribution >= 4 is 44.6 Å². The summed E-state index contributed by atoms with van der Waals surface area (Å²) in [7, 11) is 0. The number of hydrogen-bond acceptors (Lipinski definition) is 4. The Balaban J connectivity index is 1.14. The second kappa shape index (κ2) is 20.5. The Labute approximate surface area is 491 Å². The van der Waals surface area contributed by atoms with Gasteiger partial charge >= 0.3 is 0 Å². The van der Waals surface area contributed by atoms with E-state index in [9.17, 15) is 0 Å². The van der Waals surface area contributed by atoms with Crippen LogP contribution in [0, 0.1) is 29.1 Å². The number of fused-ring (bicyclic) bond motifs is 4. The molecule has 1 aliphatic rings. The molecule has 3 heterocycles. The zero-order valence-electron chi connectivity index (χ0n) is 50.8. The number of rotatable bonds is 8. The van der Waals surface area contributed by atoms with Gasteiger partial charge in [-0.15, -0.1) is 0 Å². The first-order valence-electron chi connectivity index (χ1n) is 28.8. The van der Waals surface area contributed by atoms with Crippen molar-refractivity contribution in [2.75, 3.05) is 16.5 Å². The van der Waals surface area contributed by atoms with Gasteiger partial charge in [0.2, 0.25) is 5.82 Å². The number of aromatic nitrogens is 2. The molecule has 0 aliphatic carbocycles. The molecule has 10 heteroatoms. The largest absolute Gasteiger partial charge is 0.457 e. The van der Waals surface area contributed by atoms with Crippen molar-refractivity contribution in [3.63, 3.8) is 0 Å². The maximum absolute atomic E-state index is 16.9. The molecular weight excluding hydrogens is 1060 g/mol. The lowest BCUT2D eigenvalue weighted by molar-refractivity contribution is 0.381. The van der Waals surface area contributed by atoms with Crippen molar-refractivity contribution in [3.8, 4) is 50.7 Å². The van der Waals surface area contributed by atoms with Crippen LogP contribution in [0.3, 0.4) is 0 Å². The second-order valence-electron chi connectivity index (χ2n) is 27.7. The zero-order chi connectivity index (χ0) is 60.3. The summed E-state index contributed by atoms with van der Waals surface area (Å²) in [6, 6.07) is 51.0. The Kier molecular flexibility index (Phi) is 14.1. The SMILES string of the molecule is CC(C)(C)c1ccc(-c2cc(Oc3ccc4c5ccccc5n(-c5cc(C(C)(C)C)ccn5)c4c3)cc(N3CN(c4c(-c5cc(C(C)(C)C)cc(C(C)(C)C)c5)cc(C(C)(C)C)cc4-c4c(F)c(F)c(F)c(F)c4F)c4ccccc43)c2)cc1. The van der Waals surface area contributed by atoms with E-state index in [0.717, 1.165) is 72.4 Å². The Hall–Kier alpha value is -8.24. The third-order valence-corrected chi connectivity index (χ3v) is 16.5. The molecular formula is C74H73F5N4O. The highest BCUT2D eigenvalue weighted by molar-refractivity contribution is 6.09. The molecule has 0 bridgehead atoms. The normalized spacial score (nSPS) is 13.4. The maximum Gasteiger partial charge on any atom is 0.200 e. The van der Waals surface area contributed by atoms with E-state index < -0.39 is 40.1 Å². The van der Waals surface area contributed by atoms with Crippen LogP contribution >= 0.6 is 0 Å². The van der Waals surface area contributed by atoms with Gasteiger partial charge in [0.1, 0.15) is 24.0 Å². The quantitative estimate of drug-likeness (QED) is 0.0863. The molecule has 430 valence electrons. The molecule has 0 saturated heterocycles. The summed E-state index contributed by atoms with van der Waals surface area (Å²) in [6.07, 6.45) is 1.87. The van der Waals surface area contributed by atoms with Gasteiger partial charge in [0, 0.05) is 45.9 Å². The number of hydrogen-bond donors (Lipinski definition) is 0. The van der Waals surface area contributed by atoms with Gasteiger partial charge in [0.05, 0.1) is 33.7 Å². The van der Waals surface area contributed by atoms with Crippen molar-refractivity contribution in [1.82, 2.24) is 9.55 Å². The number of anilines is 4. The molecule has 2 aromatic heterocycles. The lowest BCUT2D eigenvalue weighted by Gasteiger charge is -2.32. The van der Waals surface area contributed by atoms with E-state index in [2.05, 4.69) is 177 Å². The fraction of sp³-hybridized carbons (Fsp3) is 0.284. The van der Waals surface area contributed by atoms with Crippen LogP contribution in [-0.2, 0) is 27.1 Å². The molecule has 0 unspecified atom stereocenters. The van der Waals surface area contributed by atoms with Crippen LogP contribution in [0.1, 0.15) is 132 Å². The molecule has 0 atom stereocenters. The zero-order valence-corrected chi connectivity index (χ0v) is 50.8. The van der Waals surface area contributed by atoms with Crippen LogP contribution in [-0.4, -0.2) is 16.2 Å². The molecule has 0 N–H and O–H groups in total. The molecule has 1 aliphatic heterocycles. The highest BCUT2D eigenvalue weighted by Gasteiger charge is 2.37. The van der Waals surface area contributed by atoms with Gasteiger partial charge < -0.3 is 14.5 Å². The molecule has 5 nitrogen and oxygen atoms in total. The minimum atomic E-state index is -2.22. The molecule has 0 saturated carbocycles. The van der Waals surface area contributed by atoms with Crippen molar-refractivity contribution in [2.24, 2.45) is 0 Å². The van der Waals surface area contributed by atoms with Crippen LogP contribution in [0.4, 0.5) is 44.7 Å². The Morgan fingerprint density at radius 1 is 0.393 bits per heavy atom. The fourth-order valence-corrected chi connectivity index (χ4v) is 11.4. The fourth-order valence-electron chi connectivity index (χ4n) is 11.4.